The molecule has 0 fully saturated rings. The lowest BCUT2D eigenvalue weighted by molar-refractivity contribution is -0.119. The molecule has 0 atom stereocenters. The van der Waals surface area contributed by atoms with Crippen LogP contribution in [0.15, 0.2) is 36.4 Å². The molecular formula is C20H25ClN2O5S. The first-order valence-electron chi connectivity index (χ1n) is 8.87. The van der Waals surface area contributed by atoms with Crippen molar-refractivity contribution in [3.8, 4) is 11.5 Å². The molecule has 0 unspecified atom stereocenters. The highest BCUT2D eigenvalue weighted by Crippen LogP contribution is 2.27. The monoisotopic (exact) mass is 440 g/mol. The van der Waals surface area contributed by atoms with E-state index in [1.165, 1.54) is 6.07 Å². The van der Waals surface area contributed by atoms with Crippen molar-refractivity contribution in [3.63, 3.8) is 0 Å². The molecule has 7 nitrogen and oxygen atoms in total. The van der Waals surface area contributed by atoms with Crippen LogP contribution in [-0.2, 0) is 21.2 Å². The summed E-state index contributed by atoms with van der Waals surface area (Å²) in [6.45, 7) is 1.84. The third-order valence-electron chi connectivity index (χ3n) is 4.31. The normalized spacial score (nSPS) is 11.1. The Morgan fingerprint density at radius 1 is 1.10 bits per heavy atom. The fourth-order valence-electron chi connectivity index (χ4n) is 2.71. The number of aryl methyl sites for hydroxylation is 1. The lowest BCUT2D eigenvalue weighted by atomic mass is 10.1. The van der Waals surface area contributed by atoms with Crippen LogP contribution in [0.5, 0.6) is 11.5 Å². The highest BCUT2D eigenvalue weighted by molar-refractivity contribution is 7.92. The molecule has 0 aliphatic rings. The van der Waals surface area contributed by atoms with Crippen LogP contribution in [0.25, 0.3) is 0 Å². The Bertz CT molecular complexity index is 979. The quantitative estimate of drug-likeness (QED) is 0.648. The van der Waals surface area contributed by atoms with E-state index in [4.69, 9.17) is 21.1 Å². The van der Waals surface area contributed by atoms with Crippen LogP contribution in [-0.4, -0.2) is 47.9 Å². The first kappa shape index (κ1) is 22.8. The van der Waals surface area contributed by atoms with Crippen LogP contribution in [0.3, 0.4) is 0 Å². The number of rotatable bonds is 9. The molecule has 0 aromatic heterocycles. The summed E-state index contributed by atoms with van der Waals surface area (Å²) in [6, 6.07) is 10.4. The highest BCUT2D eigenvalue weighted by Gasteiger charge is 2.21. The van der Waals surface area contributed by atoms with Gasteiger partial charge in [0, 0.05) is 11.6 Å². The molecule has 0 saturated heterocycles. The number of methoxy groups -OCH3 is 2. The Kier molecular flexibility index (Phi) is 7.75. The van der Waals surface area contributed by atoms with Crippen LogP contribution >= 0.6 is 11.6 Å². The number of carbonyl (C=O) groups is 1. The Morgan fingerprint density at radius 2 is 1.79 bits per heavy atom. The molecule has 2 rings (SSSR count). The molecular weight excluding hydrogens is 416 g/mol. The van der Waals surface area contributed by atoms with Gasteiger partial charge in [-0.05, 0) is 48.7 Å². The largest absolute Gasteiger partial charge is 0.493 e. The molecule has 0 spiro atoms. The minimum Gasteiger partial charge on any atom is -0.493 e. The van der Waals surface area contributed by atoms with Crippen molar-refractivity contribution in [1.82, 2.24) is 5.32 Å². The molecule has 0 radical (unpaired) electrons. The van der Waals surface area contributed by atoms with Crippen LogP contribution in [0.2, 0.25) is 5.02 Å². The van der Waals surface area contributed by atoms with Crippen molar-refractivity contribution in [2.45, 2.75) is 13.3 Å². The molecule has 1 N–H and O–H groups in total. The second kappa shape index (κ2) is 9.84. The maximum Gasteiger partial charge on any atom is 0.240 e. The molecule has 0 aliphatic carbocycles. The summed E-state index contributed by atoms with van der Waals surface area (Å²) in [6.07, 6.45) is 1.61. The number of amides is 1. The Morgan fingerprint density at radius 3 is 2.38 bits per heavy atom. The number of ether oxygens (including phenoxy) is 2. The first-order valence-corrected chi connectivity index (χ1v) is 11.1. The molecule has 158 valence electrons. The van der Waals surface area contributed by atoms with Crippen molar-refractivity contribution >= 4 is 33.2 Å². The van der Waals surface area contributed by atoms with Gasteiger partial charge in [0.2, 0.25) is 15.9 Å². The van der Waals surface area contributed by atoms with E-state index >= 15 is 0 Å². The van der Waals surface area contributed by atoms with Gasteiger partial charge in [-0.3, -0.25) is 9.10 Å². The van der Waals surface area contributed by atoms with Gasteiger partial charge in [-0.15, -0.1) is 0 Å². The van der Waals surface area contributed by atoms with Gasteiger partial charge >= 0.3 is 0 Å². The van der Waals surface area contributed by atoms with Gasteiger partial charge in [0.25, 0.3) is 0 Å². The maximum absolute atomic E-state index is 12.3. The average Bonchev–Trinajstić information content (AvgIpc) is 2.67. The van der Waals surface area contributed by atoms with Crippen molar-refractivity contribution in [1.29, 1.82) is 0 Å². The van der Waals surface area contributed by atoms with E-state index in [0.29, 0.717) is 35.2 Å². The van der Waals surface area contributed by atoms with E-state index in [1.54, 1.807) is 32.4 Å². The summed E-state index contributed by atoms with van der Waals surface area (Å²) in [7, 11) is -0.535. The van der Waals surface area contributed by atoms with Crippen molar-refractivity contribution < 1.29 is 22.7 Å². The van der Waals surface area contributed by atoms with Crippen LogP contribution in [0, 0.1) is 6.92 Å². The van der Waals surface area contributed by atoms with E-state index in [-0.39, 0.29) is 6.54 Å². The highest BCUT2D eigenvalue weighted by atomic mass is 35.5. The zero-order chi connectivity index (χ0) is 21.6. The van der Waals surface area contributed by atoms with E-state index in [0.717, 1.165) is 21.7 Å². The third kappa shape index (κ3) is 6.27. The summed E-state index contributed by atoms with van der Waals surface area (Å²) >= 11 is 6.10. The lowest BCUT2D eigenvalue weighted by Gasteiger charge is -2.22. The molecule has 0 heterocycles. The summed E-state index contributed by atoms with van der Waals surface area (Å²) in [5.41, 5.74) is 2.12. The Balaban J connectivity index is 2.01. The molecule has 9 heteroatoms. The number of hydrogen-bond acceptors (Lipinski definition) is 5. The van der Waals surface area contributed by atoms with E-state index in [9.17, 15) is 13.2 Å². The predicted molar refractivity (Wildman–Crippen MR) is 115 cm³/mol. The molecule has 0 saturated carbocycles. The second-order valence-electron chi connectivity index (χ2n) is 6.49. The van der Waals surface area contributed by atoms with Gasteiger partial charge in [0.1, 0.15) is 6.54 Å². The smallest absolute Gasteiger partial charge is 0.240 e. The van der Waals surface area contributed by atoms with Gasteiger partial charge in [0.15, 0.2) is 11.5 Å². The van der Waals surface area contributed by atoms with E-state index in [2.05, 4.69) is 5.32 Å². The standard InChI is InChI=1S/C20H25ClN2O5S/c1-14-5-7-16(12-17(14)21)23(29(4,25)26)13-20(24)22-10-9-15-6-8-18(27-2)19(11-15)28-3/h5-8,11-12H,9-10,13H2,1-4H3,(H,22,24). The number of benzene rings is 2. The Hall–Kier alpha value is -2.45. The number of sulfonamides is 1. The average molecular weight is 441 g/mol. The van der Waals surface area contributed by atoms with Crippen molar-refractivity contribution in [2.24, 2.45) is 0 Å². The van der Waals surface area contributed by atoms with Gasteiger partial charge < -0.3 is 14.8 Å². The number of halogens is 1. The number of nitrogens with one attached hydrogen (secondary N) is 1. The summed E-state index contributed by atoms with van der Waals surface area (Å²) in [5, 5.41) is 3.18. The first-order chi connectivity index (χ1) is 13.7. The summed E-state index contributed by atoms with van der Waals surface area (Å²) < 4.78 is 35.8. The molecule has 0 bridgehead atoms. The van der Waals surface area contributed by atoms with Crippen molar-refractivity contribution in [3.05, 3.63) is 52.5 Å². The molecule has 0 aliphatic heterocycles. The number of hydrogen-bond donors (Lipinski definition) is 1. The topological polar surface area (TPSA) is 84.9 Å². The van der Waals surface area contributed by atoms with Crippen LogP contribution < -0.4 is 19.1 Å². The lowest BCUT2D eigenvalue weighted by Crippen LogP contribution is -2.41. The summed E-state index contributed by atoms with van der Waals surface area (Å²) in [4.78, 5) is 12.3. The number of anilines is 1. The van der Waals surface area contributed by atoms with Gasteiger partial charge in [-0.25, -0.2) is 8.42 Å². The number of nitrogens with zero attached hydrogens (tertiary/aromatic N) is 1. The molecule has 2 aromatic carbocycles. The maximum atomic E-state index is 12.3. The van der Waals surface area contributed by atoms with Crippen LogP contribution in [0.4, 0.5) is 5.69 Å². The van der Waals surface area contributed by atoms with E-state index in [1.807, 2.05) is 19.1 Å². The minimum atomic E-state index is -3.65. The fourth-order valence-corrected chi connectivity index (χ4v) is 3.73. The van der Waals surface area contributed by atoms with Gasteiger partial charge in [-0.1, -0.05) is 23.7 Å². The van der Waals surface area contributed by atoms with Crippen molar-refractivity contribution in [2.75, 3.05) is 37.9 Å². The predicted octanol–water partition coefficient (Wildman–Crippen LogP) is 2.79. The van der Waals surface area contributed by atoms with Crippen LogP contribution in [0.1, 0.15) is 11.1 Å². The van der Waals surface area contributed by atoms with Gasteiger partial charge in [-0.2, -0.15) is 0 Å². The zero-order valence-electron chi connectivity index (χ0n) is 16.9. The molecule has 1 amide bonds. The SMILES string of the molecule is COc1ccc(CCNC(=O)CN(c2ccc(C)c(Cl)c2)S(C)(=O)=O)cc1OC. The third-order valence-corrected chi connectivity index (χ3v) is 5.86. The molecule has 2 aromatic rings. The number of carbonyl (C=O) groups excluding carboxylic acids is 1. The minimum absolute atomic E-state index is 0.329. The Labute approximate surface area is 176 Å². The zero-order valence-corrected chi connectivity index (χ0v) is 18.4. The van der Waals surface area contributed by atoms with E-state index < -0.39 is 15.9 Å². The fraction of sp³-hybridized carbons (Fsp3) is 0.350. The second-order valence-corrected chi connectivity index (χ2v) is 8.81. The van der Waals surface area contributed by atoms with Gasteiger partial charge in [0.05, 0.1) is 26.2 Å². The molecule has 29 heavy (non-hydrogen) atoms. The summed E-state index contributed by atoms with van der Waals surface area (Å²) in [5.74, 6) is 0.823.